The second-order valence-corrected chi connectivity index (χ2v) is 31.5. The first-order chi connectivity index (χ1) is 47.0. The molecule has 0 aromatic rings. The molecule has 0 heterocycles. The van der Waals surface area contributed by atoms with Crippen molar-refractivity contribution >= 4 is 39.5 Å². The predicted octanol–water partition coefficient (Wildman–Crippen LogP) is 23.3. The van der Waals surface area contributed by atoms with E-state index in [9.17, 15) is 43.2 Å². The van der Waals surface area contributed by atoms with Gasteiger partial charge in [0.2, 0.25) is 0 Å². The Morgan fingerprint density at radius 3 is 0.701 bits per heavy atom. The molecular formula is C78H152O17P2. The average molecular weight is 1420 g/mol. The maximum absolute atomic E-state index is 13.1. The number of phosphoric ester groups is 2. The number of rotatable bonds is 78. The Bertz CT molecular complexity index is 1860. The minimum atomic E-state index is -4.96. The molecule has 0 aliphatic rings. The molecule has 0 aromatic carbocycles. The summed E-state index contributed by atoms with van der Waals surface area (Å²) in [5, 5.41) is 10.6. The van der Waals surface area contributed by atoms with Crippen LogP contribution in [0.1, 0.15) is 413 Å². The maximum atomic E-state index is 13.1. The largest absolute Gasteiger partial charge is 0.472 e. The quantitative estimate of drug-likeness (QED) is 0.0222. The first kappa shape index (κ1) is 95.1. The fraction of sp³-hybridized carbons (Fsp3) is 0.949. The van der Waals surface area contributed by atoms with Gasteiger partial charge in [-0.1, -0.05) is 362 Å². The molecule has 0 saturated carbocycles. The minimum Gasteiger partial charge on any atom is -0.462 e. The van der Waals surface area contributed by atoms with E-state index in [0.29, 0.717) is 31.6 Å². The monoisotopic (exact) mass is 1420 g/mol. The highest BCUT2D eigenvalue weighted by molar-refractivity contribution is 7.47. The second kappa shape index (κ2) is 71.1. The third-order valence-corrected chi connectivity index (χ3v) is 20.2. The van der Waals surface area contributed by atoms with E-state index in [1.165, 1.54) is 231 Å². The first-order valence-corrected chi connectivity index (χ1v) is 43.6. The normalized spacial score (nSPS) is 13.9. The molecular weight excluding hydrogens is 1270 g/mol. The van der Waals surface area contributed by atoms with E-state index in [0.717, 1.165) is 96.3 Å². The van der Waals surface area contributed by atoms with Crippen molar-refractivity contribution in [2.45, 2.75) is 432 Å². The van der Waals surface area contributed by atoms with Gasteiger partial charge >= 0.3 is 39.5 Å². The Labute approximate surface area is 594 Å². The van der Waals surface area contributed by atoms with E-state index in [2.05, 4.69) is 34.6 Å². The van der Waals surface area contributed by atoms with E-state index in [1.54, 1.807) is 0 Å². The van der Waals surface area contributed by atoms with Crippen molar-refractivity contribution in [1.29, 1.82) is 0 Å². The third kappa shape index (κ3) is 72.2. The number of carbonyl (C=O) groups excluding carboxylic acids is 4. The van der Waals surface area contributed by atoms with Gasteiger partial charge in [0, 0.05) is 25.7 Å². The van der Waals surface area contributed by atoms with Crippen molar-refractivity contribution in [3.63, 3.8) is 0 Å². The van der Waals surface area contributed by atoms with Crippen molar-refractivity contribution in [1.82, 2.24) is 0 Å². The van der Waals surface area contributed by atoms with Crippen LogP contribution in [0, 0.1) is 5.92 Å². The molecule has 3 N–H and O–H groups in total. The summed E-state index contributed by atoms with van der Waals surface area (Å²) < 4.78 is 68.5. The Balaban J connectivity index is 5.20. The topological polar surface area (TPSA) is 237 Å². The van der Waals surface area contributed by atoms with E-state index in [4.69, 9.17) is 37.0 Å². The summed E-state index contributed by atoms with van der Waals surface area (Å²) in [6.45, 7) is 7.22. The van der Waals surface area contributed by atoms with Gasteiger partial charge in [-0.3, -0.25) is 37.3 Å². The smallest absolute Gasteiger partial charge is 0.462 e. The van der Waals surface area contributed by atoms with E-state index >= 15 is 0 Å². The van der Waals surface area contributed by atoms with E-state index < -0.39 is 97.5 Å². The lowest BCUT2D eigenvalue weighted by Gasteiger charge is -2.21. The van der Waals surface area contributed by atoms with E-state index in [1.807, 2.05) is 0 Å². The van der Waals surface area contributed by atoms with Crippen molar-refractivity contribution in [3.05, 3.63) is 0 Å². The Morgan fingerprint density at radius 2 is 0.474 bits per heavy atom. The van der Waals surface area contributed by atoms with Gasteiger partial charge in [-0.2, -0.15) is 0 Å². The Hall–Kier alpha value is -1.94. The van der Waals surface area contributed by atoms with Crippen LogP contribution in [0.5, 0.6) is 0 Å². The molecule has 97 heavy (non-hydrogen) atoms. The van der Waals surface area contributed by atoms with E-state index in [-0.39, 0.29) is 25.7 Å². The molecule has 0 aliphatic heterocycles. The van der Waals surface area contributed by atoms with Gasteiger partial charge in [-0.15, -0.1) is 0 Å². The molecule has 0 saturated heterocycles. The van der Waals surface area contributed by atoms with Gasteiger partial charge in [0.1, 0.15) is 19.3 Å². The third-order valence-electron chi connectivity index (χ3n) is 18.3. The first-order valence-electron chi connectivity index (χ1n) is 40.6. The van der Waals surface area contributed by atoms with Gasteiger partial charge in [-0.25, -0.2) is 9.13 Å². The zero-order valence-electron chi connectivity index (χ0n) is 63.2. The minimum absolute atomic E-state index is 0.106. The molecule has 2 unspecified atom stereocenters. The standard InChI is InChI=1S/C78H152O17P2/c1-6-9-12-15-18-21-24-26-28-30-32-34-36-38-41-44-47-54-59-64-78(83)94-73(67-88-75(80)61-56-51-45-42-40-37-35-33-31-29-27-25-22-19-16-13-10-7-2)69-92-96(84,85)90-65-72(79)66-91-97(86,87)93-70-74(68-89-76(81)62-57-52-49-48-50-55-60-71(4)5)95-77(82)63-58-53-46-43-39-23-20-17-14-11-8-3/h71-74,79H,6-70H2,1-5H3,(H,84,85)(H,86,87)/t72-,73-,74-/m1/s1. The zero-order valence-corrected chi connectivity index (χ0v) is 65.0. The molecule has 576 valence electrons. The summed E-state index contributed by atoms with van der Waals surface area (Å²) in [6, 6.07) is 0. The molecule has 0 bridgehead atoms. The van der Waals surface area contributed by atoms with Crippen LogP contribution in [0.15, 0.2) is 0 Å². The number of esters is 4. The number of aliphatic hydroxyl groups is 1. The second-order valence-electron chi connectivity index (χ2n) is 28.6. The average Bonchev–Trinajstić information content (AvgIpc) is 3.40. The fourth-order valence-electron chi connectivity index (χ4n) is 12.1. The van der Waals surface area contributed by atoms with Gasteiger partial charge in [-0.05, 0) is 31.6 Å². The summed E-state index contributed by atoms with van der Waals surface area (Å²) in [7, 11) is -9.91. The molecule has 0 radical (unpaired) electrons. The zero-order chi connectivity index (χ0) is 71.2. The molecule has 0 aromatic heterocycles. The summed E-state index contributed by atoms with van der Waals surface area (Å²) in [4.78, 5) is 72.8. The van der Waals surface area contributed by atoms with Crippen LogP contribution in [-0.4, -0.2) is 96.7 Å². The molecule has 0 amide bonds. The number of unbranched alkanes of at least 4 members (excludes halogenated alkanes) is 50. The lowest BCUT2D eigenvalue weighted by molar-refractivity contribution is -0.161. The SMILES string of the molecule is CCCCCCCCCCCCCCCCCCCCCC(=O)O[C@H](COC(=O)CCCCCCCCCCCCCCCCCCCC)COP(=O)(O)OC[C@@H](O)COP(=O)(O)OC[C@@H](COC(=O)CCCCCCCCC(C)C)OC(=O)CCCCCCCCCCCCC. The molecule has 5 atom stereocenters. The molecule has 0 spiro atoms. The van der Waals surface area contributed by atoms with Crippen molar-refractivity contribution in [2.24, 2.45) is 5.92 Å². The highest BCUT2D eigenvalue weighted by Gasteiger charge is 2.30. The number of carbonyl (C=O) groups is 4. The number of hydrogen-bond acceptors (Lipinski definition) is 15. The summed E-state index contributed by atoms with van der Waals surface area (Å²) >= 11 is 0. The number of hydrogen-bond donors (Lipinski definition) is 3. The van der Waals surface area contributed by atoms with Crippen LogP contribution in [0.3, 0.4) is 0 Å². The van der Waals surface area contributed by atoms with Crippen molar-refractivity contribution < 1.29 is 80.2 Å². The van der Waals surface area contributed by atoms with Gasteiger partial charge in [0.05, 0.1) is 26.4 Å². The van der Waals surface area contributed by atoms with Crippen LogP contribution in [0.2, 0.25) is 0 Å². The molecule has 0 fully saturated rings. The molecule has 19 heteroatoms. The molecule has 17 nitrogen and oxygen atoms in total. The maximum Gasteiger partial charge on any atom is 0.472 e. The predicted molar refractivity (Wildman–Crippen MR) is 395 cm³/mol. The van der Waals surface area contributed by atoms with Gasteiger partial charge < -0.3 is 33.8 Å². The number of aliphatic hydroxyl groups excluding tert-OH is 1. The van der Waals surface area contributed by atoms with Crippen LogP contribution < -0.4 is 0 Å². The van der Waals surface area contributed by atoms with Crippen LogP contribution in [0.4, 0.5) is 0 Å². The van der Waals surface area contributed by atoms with Gasteiger partial charge in [0.15, 0.2) is 12.2 Å². The van der Waals surface area contributed by atoms with Crippen molar-refractivity contribution in [3.8, 4) is 0 Å². The summed E-state index contributed by atoms with van der Waals surface area (Å²) in [5.74, 6) is -1.43. The van der Waals surface area contributed by atoms with Crippen LogP contribution in [0.25, 0.3) is 0 Å². The molecule has 0 aliphatic carbocycles. The summed E-state index contributed by atoms with van der Waals surface area (Å²) in [6.07, 6.45) is 61.3. The highest BCUT2D eigenvalue weighted by atomic mass is 31.2. The Morgan fingerprint density at radius 1 is 0.278 bits per heavy atom. The lowest BCUT2D eigenvalue weighted by Crippen LogP contribution is -2.30. The number of ether oxygens (including phenoxy) is 4. The van der Waals surface area contributed by atoms with Gasteiger partial charge in [0.25, 0.3) is 0 Å². The number of phosphoric acid groups is 2. The summed E-state index contributed by atoms with van der Waals surface area (Å²) in [5.41, 5.74) is 0. The molecule has 0 rings (SSSR count). The highest BCUT2D eigenvalue weighted by Crippen LogP contribution is 2.45. The van der Waals surface area contributed by atoms with Crippen LogP contribution >= 0.6 is 15.6 Å². The Kier molecular flexibility index (Phi) is 69.6. The fourth-order valence-corrected chi connectivity index (χ4v) is 13.6. The van der Waals surface area contributed by atoms with Crippen LogP contribution in [-0.2, 0) is 65.4 Å². The lowest BCUT2D eigenvalue weighted by atomic mass is 10.0. The van der Waals surface area contributed by atoms with Crippen molar-refractivity contribution in [2.75, 3.05) is 39.6 Å².